The highest BCUT2D eigenvalue weighted by atomic mass is 16.3. The number of hydrogen-bond donors (Lipinski definition) is 1. The van der Waals surface area contributed by atoms with Crippen LogP contribution >= 0.6 is 0 Å². The van der Waals surface area contributed by atoms with Crippen LogP contribution in [0.25, 0.3) is 0 Å². The summed E-state index contributed by atoms with van der Waals surface area (Å²) in [7, 11) is 0. The molecule has 0 saturated heterocycles. The second-order valence-electron chi connectivity index (χ2n) is 5.90. The maximum absolute atomic E-state index is 10.9. The van der Waals surface area contributed by atoms with E-state index in [2.05, 4.69) is 47.3 Å². The SMILES string of the molecule is C=CC(C)(C)C(O)(CC=C(C)C)CCCCC. The van der Waals surface area contributed by atoms with E-state index in [1.54, 1.807) is 0 Å². The molecule has 0 aliphatic carbocycles. The summed E-state index contributed by atoms with van der Waals surface area (Å²) in [5.41, 5.74) is 0.354. The minimum absolute atomic E-state index is 0.243. The predicted octanol–water partition coefficient (Wildman–Crippen LogP) is 4.87. The molecule has 1 nitrogen and oxygen atoms in total. The Bertz CT molecular complexity index is 259. The van der Waals surface area contributed by atoms with E-state index < -0.39 is 5.60 Å². The highest BCUT2D eigenvalue weighted by Gasteiger charge is 2.39. The van der Waals surface area contributed by atoms with Gasteiger partial charge in [-0.25, -0.2) is 0 Å². The lowest BCUT2D eigenvalue weighted by Crippen LogP contribution is -2.43. The lowest BCUT2D eigenvalue weighted by Gasteiger charge is -2.41. The molecule has 0 aliphatic rings. The zero-order chi connectivity index (χ0) is 13.5. The van der Waals surface area contributed by atoms with Gasteiger partial charge in [-0.05, 0) is 26.7 Å². The zero-order valence-corrected chi connectivity index (χ0v) is 12.3. The minimum Gasteiger partial charge on any atom is -0.389 e. The fraction of sp³-hybridized carbons (Fsp3) is 0.750. The van der Waals surface area contributed by atoms with E-state index in [4.69, 9.17) is 0 Å². The molecular weight excluding hydrogens is 208 g/mol. The highest BCUT2D eigenvalue weighted by molar-refractivity contribution is 5.08. The van der Waals surface area contributed by atoms with Crippen LogP contribution in [0.5, 0.6) is 0 Å². The molecule has 0 aliphatic heterocycles. The minimum atomic E-state index is -0.665. The Morgan fingerprint density at radius 1 is 1.24 bits per heavy atom. The highest BCUT2D eigenvalue weighted by Crippen LogP contribution is 2.39. The number of hydrogen-bond acceptors (Lipinski definition) is 1. The molecule has 0 aromatic heterocycles. The van der Waals surface area contributed by atoms with Crippen molar-refractivity contribution in [3.05, 3.63) is 24.3 Å². The quantitative estimate of drug-likeness (QED) is 0.472. The Hall–Kier alpha value is -0.560. The van der Waals surface area contributed by atoms with Crippen molar-refractivity contribution in [2.24, 2.45) is 5.41 Å². The van der Waals surface area contributed by atoms with Crippen LogP contribution in [0.1, 0.15) is 66.7 Å². The van der Waals surface area contributed by atoms with Gasteiger partial charge >= 0.3 is 0 Å². The molecule has 0 radical (unpaired) electrons. The van der Waals surface area contributed by atoms with Gasteiger partial charge < -0.3 is 5.11 Å². The van der Waals surface area contributed by atoms with Gasteiger partial charge in [-0.3, -0.25) is 0 Å². The fourth-order valence-electron chi connectivity index (χ4n) is 1.92. The van der Waals surface area contributed by atoms with Crippen molar-refractivity contribution in [1.29, 1.82) is 0 Å². The number of allylic oxidation sites excluding steroid dienone is 1. The molecule has 0 amide bonds. The van der Waals surface area contributed by atoms with Gasteiger partial charge in [0.2, 0.25) is 0 Å². The second-order valence-corrected chi connectivity index (χ2v) is 5.90. The van der Waals surface area contributed by atoms with Crippen LogP contribution < -0.4 is 0 Å². The van der Waals surface area contributed by atoms with Crippen LogP contribution in [0.3, 0.4) is 0 Å². The Morgan fingerprint density at radius 2 is 1.82 bits per heavy atom. The van der Waals surface area contributed by atoms with Crippen LogP contribution in [0.15, 0.2) is 24.3 Å². The van der Waals surface area contributed by atoms with E-state index in [9.17, 15) is 5.11 Å². The Kier molecular flexibility index (Phi) is 6.77. The van der Waals surface area contributed by atoms with Crippen molar-refractivity contribution in [2.75, 3.05) is 0 Å². The first-order chi connectivity index (χ1) is 7.79. The van der Waals surface area contributed by atoms with Gasteiger partial charge in [0.15, 0.2) is 0 Å². The fourth-order valence-corrected chi connectivity index (χ4v) is 1.92. The molecule has 0 saturated carbocycles. The summed E-state index contributed by atoms with van der Waals surface area (Å²) in [6.45, 7) is 14.4. The van der Waals surface area contributed by atoms with Crippen molar-refractivity contribution in [2.45, 2.75) is 72.3 Å². The van der Waals surface area contributed by atoms with Gasteiger partial charge in [0.05, 0.1) is 5.60 Å². The van der Waals surface area contributed by atoms with Gasteiger partial charge in [0.25, 0.3) is 0 Å². The van der Waals surface area contributed by atoms with Crippen LogP contribution in [-0.2, 0) is 0 Å². The van der Waals surface area contributed by atoms with Gasteiger partial charge in [0.1, 0.15) is 0 Å². The van der Waals surface area contributed by atoms with E-state index in [1.165, 1.54) is 18.4 Å². The molecule has 0 aromatic carbocycles. The Balaban J connectivity index is 4.80. The molecule has 1 unspecified atom stereocenters. The summed E-state index contributed by atoms with van der Waals surface area (Å²) in [5.74, 6) is 0. The molecule has 17 heavy (non-hydrogen) atoms. The summed E-state index contributed by atoms with van der Waals surface area (Å²) < 4.78 is 0. The third-order valence-electron chi connectivity index (χ3n) is 3.75. The predicted molar refractivity (Wildman–Crippen MR) is 77.1 cm³/mol. The van der Waals surface area contributed by atoms with E-state index >= 15 is 0 Å². The zero-order valence-electron chi connectivity index (χ0n) is 12.3. The van der Waals surface area contributed by atoms with E-state index in [1.807, 2.05) is 6.08 Å². The van der Waals surface area contributed by atoms with Gasteiger partial charge in [-0.15, -0.1) is 6.58 Å². The largest absolute Gasteiger partial charge is 0.389 e. The van der Waals surface area contributed by atoms with Crippen molar-refractivity contribution in [3.8, 4) is 0 Å². The van der Waals surface area contributed by atoms with E-state index in [0.29, 0.717) is 0 Å². The molecule has 0 spiro atoms. The van der Waals surface area contributed by atoms with Gasteiger partial charge in [-0.1, -0.05) is 57.8 Å². The van der Waals surface area contributed by atoms with Gasteiger partial charge in [-0.2, -0.15) is 0 Å². The average Bonchev–Trinajstić information content (AvgIpc) is 2.26. The molecular formula is C16H30O. The maximum Gasteiger partial charge on any atom is 0.0766 e. The number of rotatable bonds is 8. The summed E-state index contributed by atoms with van der Waals surface area (Å²) in [5, 5.41) is 10.9. The molecule has 0 fully saturated rings. The molecule has 1 heteroatoms. The topological polar surface area (TPSA) is 20.2 Å². The average molecular weight is 238 g/mol. The summed E-state index contributed by atoms with van der Waals surface area (Å²) in [4.78, 5) is 0. The Labute approximate surface area is 108 Å². The summed E-state index contributed by atoms with van der Waals surface area (Å²) in [6.07, 6.45) is 9.05. The summed E-state index contributed by atoms with van der Waals surface area (Å²) in [6, 6.07) is 0. The van der Waals surface area contributed by atoms with E-state index in [-0.39, 0.29) is 5.41 Å². The first-order valence-corrected chi connectivity index (χ1v) is 6.78. The molecule has 1 N–H and O–H groups in total. The molecule has 100 valence electrons. The lowest BCUT2D eigenvalue weighted by atomic mass is 9.70. The van der Waals surface area contributed by atoms with E-state index in [0.717, 1.165) is 19.3 Å². The molecule has 0 bridgehead atoms. The first-order valence-electron chi connectivity index (χ1n) is 6.78. The molecule has 1 atom stereocenters. The molecule has 0 heterocycles. The van der Waals surface area contributed by atoms with Gasteiger partial charge in [0, 0.05) is 5.41 Å². The van der Waals surface area contributed by atoms with Crippen molar-refractivity contribution >= 4 is 0 Å². The normalized spacial score (nSPS) is 15.2. The van der Waals surface area contributed by atoms with Crippen LogP contribution in [0, 0.1) is 5.41 Å². The summed E-state index contributed by atoms with van der Waals surface area (Å²) >= 11 is 0. The van der Waals surface area contributed by atoms with Crippen LogP contribution in [0.4, 0.5) is 0 Å². The van der Waals surface area contributed by atoms with Crippen molar-refractivity contribution in [1.82, 2.24) is 0 Å². The standard InChI is InChI=1S/C16H30O/c1-7-9-10-12-16(17,13-11-14(3)4)15(5,6)8-2/h8,11,17H,2,7,9-10,12-13H2,1,3-6H3. The third kappa shape index (κ3) is 5.08. The Morgan fingerprint density at radius 3 is 2.24 bits per heavy atom. The number of aliphatic hydroxyl groups is 1. The lowest BCUT2D eigenvalue weighted by molar-refractivity contribution is -0.0488. The maximum atomic E-state index is 10.9. The van der Waals surface area contributed by atoms with Crippen LogP contribution in [-0.4, -0.2) is 10.7 Å². The second kappa shape index (κ2) is 7.00. The van der Waals surface area contributed by atoms with Crippen molar-refractivity contribution < 1.29 is 5.11 Å². The monoisotopic (exact) mass is 238 g/mol. The van der Waals surface area contributed by atoms with Crippen molar-refractivity contribution in [3.63, 3.8) is 0 Å². The first kappa shape index (κ1) is 16.4. The smallest absolute Gasteiger partial charge is 0.0766 e. The molecule has 0 aromatic rings. The third-order valence-corrected chi connectivity index (χ3v) is 3.75. The molecule has 0 rings (SSSR count). The number of unbranched alkanes of at least 4 members (excludes halogenated alkanes) is 2. The van der Waals surface area contributed by atoms with Crippen LogP contribution in [0.2, 0.25) is 0 Å².